The highest BCUT2D eigenvalue weighted by Crippen LogP contribution is 2.36. The maximum atomic E-state index is 12.9. The zero-order valence-corrected chi connectivity index (χ0v) is 15.5. The topological polar surface area (TPSA) is 79.7 Å². The van der Waals surface area contributed by atoms with E-state index >= 15 is 0 Å². The number of rotatable bonds is 6. The van der Waals surface area contributed by atoms with Crippen molar-refractivity contribution < 1.29 is 19.0 Å². The fourth-order valence-electron chi connectivity index (χ4n) is 2.64. The number of benzene rings is 1. The molecule has 0 spiro atoms. The number of aromatic nitrogens is 2. The molecule has 0 saturated heterocycles. The van der Waals surface area contributed by atoms with E-state index in [1.54, 1.807) is 27.2 Å². The van der Waals surface area contributed by atoms with Crippen LogP contribution in [-0.4, -0.2) is 36.3 Å². The first-order valence-corrected chi connectivity index (χ1v) is 8.81. The molecular formula is C18H18N2O5S. The van der Waals surface area contributed by atoms with Crippen LogP contribution in [0.15, 0.2) is 34.7 Å². The Labute approximate surface area is 153 Å². The fourth-order valence-corrected chi connectivity index (χ4v) is 3.55. The fraction of sp³-hybridized carbons (Fsp3) is 0.278. The summed E-state index contributed by atoms with van der Waals surface area (Å²) in [5.41, 5.74) is 1.26. The van der Waals surface area contributed by atoms with Gasteiger partial charge in [-0.05, 0) is 24.6 Å². The third kappa shape index (κ3) is 3.28. The summed E-state index contributed by atoms with van der Waals surface area (Å²) in [5.74, 6) is 0.701. The second kappa shape index (κ2) is 7.57. The van der Waals surface area contributed by atoms with E-state index in [9.17, 15) is 9.59 Å². The van der Waals surface area contributed by atoms with Gasteiger partial charge in [0.05, 0.1) is 32.5 Å². The summed E-state index contributed by atoms with van der Waals surface area (Å²) in [5, 5.41) is 2.34. The van der Waals surface area contributed by atoms with Crippen molar-refractivity contribution in [3.8, 4) is 22.6 Å². The predicted octanol–water partition coefficient (Wildman–Crippen LogP) is 2.71. The lowest BCUT2D eigenvalue weighted by molar-refractivity contribution is -0.143. The van der Waals surface area contributed by atoms with Crippen LogP contribution in [0.3, 0.4) is 0 Å². The van der Waals surface area contributed by atoms with Gasteiger partial charge in [-0.15, -0.1) is 11.3 Å². The molecular weight excluding hydrogens is 356 g/mol. The molecule has 0 saturated carbocycles. The van der Waals surface area contributed by atoms with Crippen LogP contribution in [0.25, 0.3) is 21.3 Å². The van der Waals surface area contributed by atoms with E-state index in [0.717, 1.165) is 11.1 Å². The second-order valence-electron chi connectivity index (χ2n) is 5.38. The number of hydrogen-bond acceptors (Lipinski definition) is 7. The highest BCUT2D eigenvalue weighted by atomic mass is 32.1. The van der Waals surface area contributed by atoms with Crippen LogP contribution < -0.4 is 15.0 Å². The van der Waals surface area contributed by atoms with E-state index in [4.69, 9.17) is 14.2 Å². The molecule has 0 unspecified atom stereocenters. The summed E-state index contributed by atoms with van der Waals surface area (Å²) >= 11 is 1.37. The Hall–Kier alpha value is -2.87. The lowest BCUT2D eigenvalue weighted by Gasteiger charge is -2.09. The van der Waals surface area contributed by atoms with Gasteiger partial charge in [-0.25, -0.2) is 4.98 Å². The molecule has 2 heterocycles. The van der Waals surface area contributed by atoms with E-state index in [1.807, 2.05) is 17.5 Å². The number of carbonyl (C=O) groups is 1. The summed E-state index contributed by atoms with van der Waals surface area (Å²) in [7, 11) is 3.12. The molecule has 0 N–H and O–H groups in total. The number of ether oxygens (including phenoxy) is 3. The highest BCUT2D eigenvalue weighted by Gasteiger charge is 2.16. The van der Waals surface area contributed by atoms with Gasteiger partial charge < -0.3 is 14.2 Å². The number of hydrogen-bond donors (Lipinski definition) is 0. The minimum Gasteiger partial charge on any atom is -0.493 e. The number of methoxy groups -OCH3 is 2. The molecule has 7 nitrogen and oxygen atoms in total. The first kappa shape index (κ1) is 17.9. The van der Waals surface area contributed by atoms with Gasteiger partial charge in [-0.2, -0.15) is 0 Å². The Bertz CT molecular complexity index is 1010. The molecule has 0 aliphatic rings. The van der Waals surface area contributed by atoms with Crippen LogP contribution in [0.1, 0.15) is 6.92 Å². The summed E-state index contributed by atoms with van der Waals surface area (Å²) in [6, 6.07) is 5.44. The molecule has 26 heavy (non-hydrogen) atoms. The van der Waals surface area contributed by atoms with E-state index < -0.39 is 5.97 Å². The molecule has 3 rings (SSSR count). The zero-order chi connectivity index (χ0) is 18.7. The maximum absolute atomic E-state index is 12.9. The molecule has 3 aromatic rings. The average Bonchev–Trinajstić information content (AvgIpc) is 3.08. The minimum absolute atomic E-state index is 0.170. The van der Waals surface area contributed by atoms with Crippen molar-refractivity contribution in [3.63, 3.8) is 0 Å². The van der Waals surface area contributed by atoms with Crippen LogP contribution >= 0.6 is 11.3 Å². The molecule has 0 radical (unpaired) electrons. The molecule has 0 bridgehead atoms. The van der Waals surface area contributed by atoms with Crippen molar-refractivity contribution in [2.75, 3.05) is 20.8 Å². The van der Waals surface area contributed by atoms with Crippen molar-refractivity contribution in [1.29, 1.82) is 0 Å². The van der Waals surface area contributed by atoms with Gasteiger partial charge in [0.25, 0.3) is 5.56 Å². The quantitative estimate of drug-likeness (QED) is 0.617. The van der Waals surface area contributed by atoms with Gasteiger partial charge in [0.1, 0.15) is 11.4 Å². The van der Waals surface area contributed by atoms with E-state index in [-0.39, 0.29) is 18.7 Å². The van der Waals surface area contributed by atoms with Crippen molar-refractivity contribution in [2.45, 2.75) is 13.5 Å². The van der Waals surface area contributed by atoms with Gasteiger partial charge >= 0.3 is 5.97 Å². The Kier molecular flexibility index (Phi) is 5.22. The SMILES string of the molecule is CCOC(=O)Cn1cnc2scc(-c3ccc(OC)c(OC)c3)c2c1=O. The van der Waals surface area contributed by atoms with Crippen molar-refractivity contribution in [1.82, 2.24) is 9.55 Å². The maximum Gasteiger partial charge on any atom is 0.326 e. The predicted molar refractivity (Wildman–Crippen MR) is 99.1 cm³/mol. The molecule has 0 atom stereocenters. The molecule has 0 amide bonds. The molecule has 0 aliphatic carbocycles. The van der Waals surface area contributed by atoms with Crippen LogP contribution in [0.4, 0.5) is 0 Å². The molecule has 8 heteroatoms. The summed E-state index contributed by atoms with van der Waals surface area (Å²) in [6.45, 7) is 1.81. The smallest absolute Gasteiger partial charge is 0.326 e. The first-order valence-electron chi connectivity index (χ1n) is 7.93. The Morgan fingerprint density at radius 3 is 2.69 bits per heavy atom. The van der Waals surface area contributed by atoms with Crippen molar-refractivity contribution in [3.05, 3.63) is 40.3 Å². The Morgan fingerprint density at radius 2 is 2.00 bits per heavy atom. The van der Waals surface area contributed by atoms with Crippen molar-refractivity contribution in [2.24, 2.45) is 0 Å². The summed E-state index contributed by atoms with van der Waals surface area (Å²) < 4.78 is 16.8. The summed E-state index contributed by atoms with van der Waals surface area (Å²) in [6.07, 6.45) is 1.37. The minimum atomic E-state index is -0.473. The second-order valence-corrected chi connectivity index (χ2v) is 6.24. The molecule has 0 aliphatic heterocycles. The number of thiophene rings is 1. The monoisotopic (exact) mass is 374 g/mol. The molecule has 136 valence electrons. The van der Waals surface area contributed by atoms with Gasteiger partial charge in [-0.3, -0.25) is 14.2 Å². The van der Waals surface area contributed by atoms with Crippen molar-refractivity contribution >= 4 is 27.5 Å². The Balaban J connectivity index is 2.10. The van der Waals surface area contributed by atoms with Gasteiger partial charge in [0, 0.05) is 10.9 Å². The standard InChI is InChI=1S/C18H18N2O5S/c1-4-25-15(21)8-20-10-19-17-16(18(20)22)12(9-26-17)11-5-6-13(23-2)14(7-11)24-3/h5-7,9-10H,4,8H2,1-3H3. The number of esters is 1. The average molecular weight is 374 g/mol. The zero-order valence-electron chi connectivity index (χ0n) is 14.6. The first-order chi connectivity index (χ1) is 12.6. The normalized spacial score (nSPS) is 10.7. The largest absolute Gasteiger partial charge is 0.493 e. The van der Waals surface area contributed by atoms with Gasteiger partial charge in [-0.1, -0.05) is 6.07 Å². The number of fused-ring (bicyclic) bond motifs is 1. The lowest BCUT2D eigenvalue weighted by Crippen LogP contribution is -2.25. The molecule has 2 aromatic heterocycles. The number of carbonyl (C=O) groups excluding carboxylic acids is 1. The Morgan fingerprint density at radius 1 is 1.23 bits per heavy atom. The van der Waals surface area contributed by atoms with E-state index in [1.165, 1.54) is 22.2 Å². The van der Waals surface area contributed by atoms with Gasteiger partial charge in [0.2, 0.25) is 0 Å². The number of nitrogens with zero attached hydrogens (tertiary/aromatic N) is 2. The summed E-state index contributed by atoms with van der Waals surface area (Å²) in [4.78, 5) is 29.5. The van der Waals surface area contributed by atoms with E-state index in [2.05, 4.69) is 4.98 Å². The third-order valence-electron chi connectivity index (χ3n) is 3.86. The lowest BCUT2D eigenvalue weighted by atomic mass is 10.1. The van der Waals surface area contributed by atoms with Crippen LogP contribution in [0.2, 0.25) is 0 Å². The van der Waals surface area contributed by atoms with E-state index in [0.29, 0.717) is 21.7 Å². The van der Waals surface area contributed by atoms with Gasteiger partial charge in [0.15, 0.2) is 11.5 Å². The third-order valence-corrected chi connectivity index (χ3v) is 4.75. The molecule has 0 fully saturated rings. The van der Waals surface area contributed by atoms with Crippen LogP contribution in [0.5, 0.6) is 11.5 Å². The highest BCUT2D eigenvalue weighted by molar-refractivity contribution is 7.17. The molecule has 1 aromatic carbocycles. The van der Waals surface area contributed by atoms with Crippen LogP contribution in [-0.2, 0) is 16.1 Å². The van der Waals surface area contributed by atoms with Crippen LogP contribution in [0, 0.1) is 0 Å².